The standard InChI is InChI=1S/C22H38N6/c1-19-16-20(2)18-26(17-19)11-7-6-10-25-22(23-3)28-14-12-27(13-15-28)21-8-4-5-9-24-21/h4-5,8-9,19-20H,6-7,10-18H2,1-3H3,(H,23,25). The van der Waals surface area contributed by atoms with E-state index in [0.29, 0.717) is 0 Å². The Labute approximate surface area is 171 Å². The summed E-state index contributed by atoms with van der Waals surface area (Å²) in [5, 5.41) is 3.57. The van der Waals surface area contributed by atoms with E-state index in [1.807, 2.05) is 19.3 Å². The second kappa shape index (κ2) is 10.6. The maximum absolute atomic E-state index is 4.50. The van der Waals surface area contributed by atoms with Gasteiger partial charge in [0.05, 0.1) is 0 Å². The van der Waals surface area contributed by atoms with E-state index in [1.165, 1.54) is 38.9 Å². The van der Waals surface area contributed by atoms with Gasteiger partial charge >= 0.3 is 0 Å². The van der Waals surface area contributed by atoms with E-state index in [2.05, 4.69) is 56.0 Å². The van der Waals surface area contributed by atoms with Gasteiger partial charge in [-0.3, -0.25) is 4.99 Å². The van der Waals surface area contributed by atoms with Gasteiger partial charge in [0.2, 0.25) is 0 Å². The van der Waals surface area contributed by atoms with Crippen molar-refractivity contribution in [2.24, 2.45) is 16.8 Å². The van der Waals surface area contributed by atoms with Crippen molar-refractivity contribution in [2.45, 2.75) is 33.1 Å². The number of hydrogen-bond donors (Lipinski definition) is 1. The third kappa shape index (κ3) is 6.09. The Morgan fingerprint density at radius 3 is 2.50 bits per heavy atom. The summed E-state index contributed by atoms with van der Waals surface area (Å²) >= 11 is 0. The molecule has 156 valence electrons. The van der Waals surface area contributed by atoms with Gasteiger partial charge in [-0.2, -0.15) is 0 Å². The van der Waals surface area contributed by atoms with Gasteiger partial charge in [-0.25, -0.2) is 4.98 Å². The molecule has 2 unspecified atom stereocenters. The average molecular weight is 387 g/mol. The first kappa shape index (κ1) is 20.9. The Kier molecular flexibility index (Phi) is 7.95. The SMILES string of the molecule is CN=C(NCCCCN1CC(C)CC(C)C1)N1CCN(c2ccccn2)CC1. The number of likely N-dealkylation sites (tertiary alicyclic amines) is 1. The third-order valence-electron chi connectivity index (χ3n) is 5.89. The number of guanidine groups is 1. The van der Waals surface area contributed by atoms with E-state index < -0.39 is 0 Å². The summed E-state index contributed by atoms with van der Waals surface area (Å²) in [5.41, 5.74) is 0. The number of anilines is 1. The van der Waals surface area contributed by atoms with Crippen LogP contribution in [-0.4, -0.2) is 80.1 Å². The zero-order valence-electron chi connectivity index (χ0n) is 18.0. The Balaban J connectivity index is 1.33. The molecule has 6 heteroatoms. The van der Waals surface area contributed by atoms with Crippen LogP contribution in [0, 0.1) is 11.8 Å². The van der Waals surface area contributed by atoms with E-state index in [9.17, 15) is 0 Å². The Hall–Kier alpha value is -1.82. The molecular weight excluding hydrogens is 348 g/mol. The molecule has 3 heterocycles. The van der Waals surface area contributed by atoms with Gasteiger partial charge in [-0.15, -0.1) is 0 Å². The molecule has 0 radical (unpaired) electrons. The predicted octanol–water partition coefficient (Wildman–Crippen LogP) is 2.54. The number of pyridine rings is 1. The molecule has 3 rings (SSSR count). The van der Waals surface area contributed by atoms with Crippen molar-refractivity contribution >= 4 is 11.8 Å². The fourth-order valence-corrected chi connectivity index (χ4v) is 4.66. The molecule has 6 nitrogen and oxygen atoms in total. The average Bonchev–Trinajstić information content (AvgIpc) is 2.71. The van der Waals surface area contributed by atoms with Crippen LogP contribution in [0.2, 0.25) is 0 Å². The first-order chi connectivity index (χ1) is 13.7. The second-order valence-electron chi connectivity index (χ2n) is 8.55. The van der Waals surface area contributed by atoms with Crippen molar-refractivity contribution in [3.63, 3.8) is 0 Å². The zero-order chi connectivity index (χ0) is 19.8. The van der Waals surface area contributed by atoms with Crippen LogP contribution in [0.4, 0.5) is 5.82 Å². The first-order valence-electron chi connectivity index (χ1n) is 11.0. The normalized spacial score (nSPS) is 24.5. The number of aromatic nitrogens is 1. The van der Waals surface area contributed by atoms with Gasteiger partial charge in [0.15, 0.2) is 5.96 Å². The third-order valence-corrected chi connectivity index (χ3v) is 5.89. The summed E-state index contributed by atoms with van der Waals surface area (Å²) in [6.07, 6.45) is 5.72. The van der Waals surface area contributed by atoms with E-state index in [0.717, 1.165) is 56.3 Å². The van der Waals surface area contributed by atoms with Crippen molar-refractivity contribution in [3.8, 4) is 0 Å². The minimum absolute atomic E-state index is 0.852. The fraction of sp³-hybridized carbons (Fsp3) is 0.727. The lowest BCUT2D eigenvalue weighted by atomic mass is 9.92. The van der Waals surface area contributed by atoms with Gasteiger partial charge in [-0.1, -0.05) is 19.9 Å². The van der Waals surface area contributed by atoms with Gasteiger partial charge in [-0.05, 0) is 49.8 Å². The topological polar surface area (TPSA) is 47.0 Å². The van der Waals surface area contributed by atoms with E-state index in [1.54, 1.807) is 0 Å². The monoisotopic (exact) mass is 386 g/mol. The molecule has 1 aromatic rings. The second-order valence-corrected chi connectivity index (χ2v) is 8.55. The molecular formula is C22H38N6. The summed E-state index contributed by atoms with van der Waals surface area (Å²) in [4.78, 5) is 16.3. The Morgan fingerprint density at radius 1 is 1.11 bits per heavy atom. The molecule has 2 aliphatic rings. The molecule has 2 aliphatic heterocycles. The van der Waals surface area contributed by atoms with Gasteiger partial charge in [0.1, 0.15) is 5.82 Å². The molecule has 0 spiro atoms. The smallest absolute Gasteiger partial charge is 0.193 e. The number of unbranched alkanes of at least 4 members (excludes halogenated alkanes) is 1. The van der Waals surface area contributed by atoms with Crippen molar-refractivity contribution in [1.82, 2.24) is 20.1 Å². The number of nitrogens with one attached hydrogen (secondary N) is 1. The number of aliphatic imine (C=N–C) groups is 1. The molecule has 2 fully saturated rings. The molecule has 0 bridgehead atoms. The summed E-state index contributed by atoms with van der Waals surface area (Å²) in [5.74, 6) is 3.82. The highest BCUT2D eigenvalue weighted by Crippen LogP contribution is 2.21. The zero-order valence-corrected chi connectivity index (χ0v) is 18.0. The van der Waals surface area contributed by atoms with Crippen LogP contribution >= 0.6 is 0 Å². The maximum Gasteiger partial charge on any atom is 0.193 e. The van der Waals surface area contributed by atoms with Crippen molar-refractivity contribution in [2.75, 3.05) is 64.3 Å². The van der Waals surface area contributed by atoms with E-state index in [-0.39, 0.29) is 0 Å². The molecule has 0 aromatic carbocycles. The van der Waals surface area contributed by atoms with Crippen LogP contribution in [0.3, 0.4) is 0 Å². The first-order valence-corrected chi connectivity index (χ1v) is 11.0. The van der Waals surface area contributed by atoms with Crippen molar-refractivity contribution in [3.05, 3.63) is 24.4 Å². The number of hydrogen-bond acceptors (Lipinski definition) is 4. The van der Waals surface area contributed by atoms with Crippen molar-refractivity contribution < 1.29 is 0 Å². The summed E-state index contributed by atoms with van der Waals surface area (Å²) < 4.78 is 0. The number of nitrogens with zero attached hydrogens (tertiary/aromatic N) is 5. The van der Waals surface area contributed by atoms with Gasteiger partial charge < -0.3 is 20.0 Å². The van der Waals surface area contributed by atoms with Crippen LogP contribution in [0.5, 0.6) is 0 Å². The molecule has 2 saturated heterocycles. The highest BCUT2D eigenvalue weighted by atomic mass is 15.4. The number of piperazine rings is 1. The molecule has 1 N–H and O–H groups in total. The number of piperidine rings is 1. The summed E-state index contributed by atoms with van der Waals surface area (Å²) in [6.45, 7) is 13.5. The molecule has 0 aliphatic carbocycles. The Bertz CT molecular complexity index is 586. The van der Waals surface area contributed by atoms with Crippen LogP contribution in [0.15, 0.2) is 29.4 Å². The lowest BCUT2D eigenvalue weighted by Gasteiger charge is -2.37. The van der Waals surface area contributed by atoms with Crippen molar-refractivity contribution in [1.29, 1.82) is 0 Å². The molecule has 28 heavy (non-hydrogen) atoms. The quantitative estimate of drug-likeness (QED) is 0.462. The molecule has 0 saturated carbocycles. The van der Waals surface area contributed by atoms with Crippen LogP contribution in [0.25, 0.3) is 0 Å². The highest BCUT2D eigenvalue weighted by Gasteiger charge is 2.22. The van der Waals surface area contributed by atoms with E-state index in [4.69, 9.17) is 0 Å². The fourth-order valence-electron chi connectivity index (χ4n) is 4.66. The van der Waals surface area contributed by atoms with Crippen LogP contribution in [-0.2, 0) is 0 Å². The van der Waals surface area contributed by atoms with Crippen LogP contribution in [0.1, 0.15) is 33.1 Å². The van der Waals surface area contributed by atoms with E-state index >= 15 is 0 Å². The molecule has 1 aromatic heterocycles. The molecule has 2 atom stereocenters. The lowest BCUT2D eigenvalue weighted by molar-refractivity contribution is 0.139. The minimum Gasteiger partial charge on any atom is -0.356 e. The van der Waals surface area contributed by atoms with Gasteiger partial charge in [0, 0.05) is 59.1 Å². The Morgan fingerprint density at radius 2 is 1.86 bits per heavy atom. The maximum atomic E-state index is 4.50. The largest absolute Gasteiger partial charge is 0.356 e. The predicted molar refractivity (Wildman–Crippen MR) is 118 cm³/mol. The van der Waals surface area contributed by atoms with Crippen LogP contribution < -0.4 is 10.2 Å². The summed E-state index contributed by atoms with van der Waals surface area (Å²) in [6, 6.07) is 6.12. The summed E-state index contributed by atoms with van der Waals surface area (Å²) in [7, 11) is 1.89. The molecule has 0 amide bonds. The number of rotatable bonds is 6. The van der Waals surface area contributed by atoms with Gasteiger partial charge in [0.25, 0.3) is 0 Å². The highest BCUT2D eigenvalue weighted by molar-refractivity contribution is 5.80. The minimum atomic E-state index is 0.852. The lowest BCUT2D eigenvalue weighted by Crippen LogP contribution is -2.52.